The van der Waals surface area contributed by atoms with Gasteiger partial charge in [-0.05, 0) is 79.2 Å². The van der Waals surface area contributed by atoms with Gasteiger partial charge in [0, 0.05) is 22.5 Å². The number of esters is 1. The molecule has 0 unspecified atom stereocenters. The van der Waals surface area contributed by atoms with E-state index >= 15 is 0 Å². The second-order valence-corrected chi connectivity index (χ2v) is 9.10. The van der Waals surface area contributed by atoms with E-state index < -0.39 is 5.97 Å². The highest BCUT2D eigenvalue weighted by molar-refractivity contribution is 6.33. The second kappa shape index (κ2) is 11.2. The predicted molar refractivity (Wildman–Crippen MR) is 151 cm³/mol. The molecular weight excluding hydrogens is 514 g/mol. The third-order valence-electron chi connectivity index (χ3n) is 6.17. The van der Waals surface area contributed by atoms with Crippen LogP contribution in [0.4, 0.5) is 0 Å². The first-order chi connectivity index (χ1) is 18.9. The number of carbonyl (C=O) groups excluding carboxylic acids is 2. The van der Waals surface area contributed by atoms with E-state index in [9.17, 15) is 9.59 Å². The lowest BCUT2D eigenvalue weighted by atomic mass is 10.1. The molecule has 0 spiro atoms. The maximum Gasteiger partial charge on any atom is 0.337 e. The van der Waals surface area contributed by atoms with Crippen molar-refractivity contribution in [1.82, 2.24) is 9.99 Å². The Morgan fingerprint density at radius 1 is 0.923 bits per heavy atom. The molecule has 0 bridgehead atoms. The Bertz CT molecular complexity index is 1670. The number of aromatic nitrogens is 1. The molecule has 3 aromatic carbocycles. The van der Waals surface area contributed by atoms with E-state index in [1.807, 2.05) is 37.3 Å². The van der Waals surface area contributed by atoms with Crippen LogP contribution in [-0.2, 0) is 4.74 Å². The predicted octanol–water partition coefficient (Wildman–Crippen LogP) is 6.92. The van der Waals surface area contributed by atoms with Crippen LogP contribution in [0.15, 0.2) is 107 Å². The zero-order chi connectivity index (χ0) is 27.4. The fourth-order valence-corrected chi connectivity index (χ4v) is 4.43. The van der Waals surface area contributed by atoms with Crippen molar-refractivity contribution in [2.24, 2.45) is 5.10 Å². The molecule has 0 fully saturated rings. The highest BCUT2D eigenvalue weighted by Gasteiger charge is 2.14. The van der Waals surface area contributed by atoms with Crippen molar-refractivity contribution < 1.29 is 18.7 Å². The lowest BCUT2D eigenvalue weighted by Gasteiger charge is -2.12. The minimum absolute atomic E-state index is 0.352. The Morgan fingerprint density at radius 3 is 2.41 bits per heavy atom. The first-order valence-electron chi connectivity index (χ1n) is 12.1. The van der Waals surface area contributed by atoms with Gasteiger partial charge in [0.1, 0.15) is 11.5 Å². The zero-order valence-corrected chi connectivity index (χ0v) is 22.0. The van der Waals surface area contributed by atoms with Crippen molar-refractivity contribution in [3.8, 4) is 28.3 Å². The van der Waals surface area contributed by atoms with Gasteiger partial charge in [-0.1, -0.05) is 41.9 Å². The Balaban J connectivity index is 1.27. The lowest BCUT2D eigenvalue weighted by molar-refractivity contribution is 0.0600. The first kappa shape index (κ1) is 25.8. The molecule has 0 aliphatic carbocycles. The first-order valence-corrected chi connectivity index (χ1v) is 12.5. The maximum absolute atomic E-state index is 12.7. The molecule has 2 aromatic heterocycles. The Labute approximate surface area is 230 Å². The summed E-state index contributed by atoms with van der Waals surface area (Å²) >= 11 is 6.29. The number of methoxy groups -OCH3 is 1. The molecule has 0 atom stereocenters. The van der Waals surface area contributed by atoms with Gasteiger partial charge < -0.3 is 13.7 Å². The monoisotopic (exact) mass is 537 g/mol. The Hall–Kier alpha value is -4.88. The van der Waals surface area contributed by atoms with Crippen molar-refractivity contribution >= 4 is 29.7 Å². The van der Waals surface area contributed by atoms with Crippen LogP contribution >= 0.6 is 11.6 Å². The number of nitrogens with zero attached hydrogens (tertiary/aromatic N) is 2. The fraction of sp³-hybridized carbons (Fsp3) is 0.0645. The van der Waals surface area contributed by atoms with Gasteiger partial charge >= 0.3 is 5.97 Å². The Kier molecular flexibility index (Phi) is 7.43. The van der Waals surface area contributed by atoms with E-state index in [-0.39, 0.29) is 5.91 Å². The van der Waals surface area contributed by atoms with Crippen LogP contribution in [0.2, 0.25) is 5.02 Å². The standard InChI is InChI=1S/C31H24ClN3O4/c1-20-8-16-28(21-6-4-3-5-7-21)35(20)24-12-9-22(10-13-24)30(36)34-33-19-25-14-17-29(39-25)26-18-23(31(37)38-2)11-15-27(26)32/h3-19H,1-2H3,(H,34,36)/b33-19+. The summed E-state index contributed by atoms with van der Waals surface area (Å²) in [6.07, 6.45) is 1.39. The molecule has 2 heterocycles. The summed E-state index contributed by atoms with van der Waals surface area (Å²) in [5, 5.41) is 4.44. The molecule has 0 radical (unpaired) electrons. The molecule has 0 aliphatic heterocycles. The molecule has 0 saturated carbocycles. The summed E-state index contributed by atoms with van der Waals surface area (Å²) in [5.41, 5.74) is 8.11. The summed E-state index contributed by atoms with van der Waals surface area (Å²) in [7, 11) is 1.31. The molecule has 5 aromatic rings. The van der Waals surface area contributed by atoms with E-state index in [1.165, 1.54) is 13.3 Å². The molecule has 1 N–H and O–H groups in total. The number of halogens is 1. The molecule has 194 valence electrons. The summed E-state index contributed by atoms with van der Waals surface area (Å²) in [4.78, 5) is 24.5. The number of nitrogens with one attached hydrogen (secondary N) is 1. The third-order valence-corrected chi connectivity index (χ3v) is 6.50. The summed E-state index contributed by atoms with van der Waals surface area (Å²) in [6.45, 7) is 2.05. The van der Waals surface area contributed by atoms with Gasteiger partial charge in [-0.25, -0.2) is 10.2 Å². The van der Waals surface area contributed by atoms with Gasteiger partial charge in [0.15, 0.2) is 0 Å². The SMILES string of the molecule is COC(=O)c1ccc(Cl)c(-c2ccc(/C=N/NC(=O)c3ccc(-n4c(C)ccc4-c4ccccc4)cc3)o2)c1. The molecule has 5 rings (SSSR count). The number of aryl methyl sites for hydroxylation is 1. The van der Waals surface area contributed by atoms with Crippen molar-refractivity contribution in [3.63, 3.8) is 0 Å². The Morgan fingerprint density at radius 2 is 1.67 bits per heavy atom. The molecule has 7 nitrogen and oxygen atoms in total. The van der Waals surface area contributed by atoms with E-state index in [0.29, 0.717) is 33.2 Å². The zero-order valence-electron chi connectivity index (χ0n) is 21.2. The van der Waals surface area contributed by atoms with E-state index in [2.05, 4.69) is 39.4 Å². The second-order valence-electron chi connectivity index (χ2n) is 8.70. The molecule has 0 saturated heterocycles. The smallest absolute Gasteiger partial charge is 0.337 e. The summed E-state index contributed by atoms with van der Waals surface area (Å²) in [6, 6.07) is 29.8. The van der Waals surface area contributed by atoms with Crippen LogP contribution < -0.4 is 5.43 Å². The van der Waals surface area contributed by atoms with Gasteiger partial charge in [0.05, 0.1) is 29.6 Å². The number of hydrazone groups is 1. The normalized spacial score (nSPS) is 11.1. The number of ether oxygens (including phenoxy) is 1. The van der Waals surface area contributed by atoms with Crippen molar-refractivity contribution in [1.29, 1.82) is 0 Å². The quantitative estimate of drug-likeness (QED) is 0.139. The van der Waals surface area contributed by atoms with Crippen LogP contribution in [-0.4, -0.2) is 29.8 Å². The van der Waals surface area contributed by atoms with Gasteiger partial charge in [0.2, 0.25) is 0 Å². The number of hydrogen-bond acceptors (Lipinski definition) is 5. The minimum atomic E-state index is -0.475. The lowest BCUT2D eigenvalue weighted by Crippen LogP contribution is -2.17. The van der Waals surface area contributed by atoms with Crippen molar-refractivity contribution in [2.75, 3.05) is 7.11 Å². The van der Waals surface area contributed by atoms with E-state index in [1.54, 1.807) is 42.5 Å². The highest BCUT2D eigenvalue weighted by atomic mass is 35.5. The van der Waals surface area contributed by atoms with Gasteiger partial charge in [-0.2, -0.15) is 5.10 Å². The summed E-state index contributed by atoms with van der Waals surface area (Å²) in [5.74, 6) is 0.0176. The van der Waals surface area contributed by atoms with Crippen LogP contribution in [0.5, 0.6) is 0 Å². The average molecular weight is 538 g/mol. The number of benzene rings is 3. The fourth-order valence-electron chi connectivity index (χ4n) is 4.22. The van der Waals surface area contributed by atoms with Crippen LogP contribution in [0, 0.1) is 6.92 Å². The molecular formula is C31H24ClN3O4. The van der Waals surface area contributed by atoms with Gasteiger partial charge in [-0.3, -0.25) is 4.79 Å². The van der Waals surface area contributed by atoms with Crippen LogP contribution in [0.3, 0.4) is 0 Å². The van der Waals surface area contributed by atoms with Gasteiger partial charge in [-0.15, -0.1) is 0 Å². The molecule has 0 aliphatic rings. The molecule has 8 heteroatoms. The van der Waals surface area contributed by atoms with E-state index in [4.69, 9.17) is 20.8 Å². The molecule has 1 amide bonds. The number of amides is 1. The van der Waals surface area contributed by atoms with Crippen LogP contribution in [0.1, 0.15) is 32.2 Å². The van der Waals surface area contributed by atoms with Crippen molar-refractivity contribution in [2.45, 2.75) is 6.92 Å². The van der Waals surface area contributed by atoms with Crippen LogP contribution in [0.25, 0.3) is 28.3 Å². The number of hydrogen-bond donors (Lipinski definition) is 1. The number of carbonyl (C=O) groups is 2. The van der Waals surface area contributed by atoms with Crippen molar-refractivity contribution in [3.05, 3.63) is 125 Å². The van der Waals surface area contributed by atoms with Gasteiger partial charge in [0.25, 0.3) is 5.91 Å². The largest absolute Gasteiger partial charge is 0.465 e. The topological polar surface area (TPSA) is 85.8 Å². The summed E-state index contributed by atoms with van der Waals surface area (Å²) < 4.78 is 12.7. The molecule has 39 heavy (non-hydrogen) atoms. The maximum atomic E-state index is 12.7. The minimum Gasteiger partial charge on any atom is -0.465 e. The average Bonchev–Trinajstić information content (AvgIpc) is 3.60. The highest BCUT2D eigenvalue weighted by Crippen LogP contribution is 2.30. The number of rotatable bonds is 7. The van der Waals surface area contributed by atoms with E-state index in [0.717, 1.165) is 22.6 Å². The number of furan rings is 1. The third kappa shape index (κ3) is 5.54.